The molecule has 2 aromatic rings. The third kappa shape index (κ3) is 3.89. The number of piperazine rings is 1. The minimum Gasteiger partial charge on any atom is -0.333 e. The second kappa shape index (κ2) is 7.47. The van der Waals surface area contributed by atoms with E-state index in [4.69, 9.17) is 0 Å². The Morgan fingerprint density at radius 2 is 1.85 bits per heavy atom. The van der Waals surface area contributed by atoms with Gasteiger partial charge in [0.15, 0.2) is 0 Å². The van der Waals surface area contributed by atoms with Crippen molar-refractivity contribution >= 4 is 21.6 Å². The molecule has 0 unspecified atom stereocenters. The van der Waals surface area contributed by atoms with Gasteiger partial charge < -0.3 is 10.2 Å². The zero-order valence-corrected chi connectivity index (χ0v) is 15.7. The van der Waals surface area contributed by atoms with Crippen LogP contribution in [-0.4, -0.2) is 44.9 Å². The van der Waals surface area contributed by atoms with Crippen LogP contribution in [0, 0.1) is 6.92 Å². The monoisotopic (exact) mass is 373 g/mol. The lowest BCUT2D eigenvalue weighted by molar-refractivity contribution is 0.0655. The Morgan fingerprint density at radius 3 is 2.50 bits per heavy atom. The summed E-state index contributed by atoms with van der Waals surface area (Å²) in [4.78, 5) is 14.6. The number of nitrogens with one attached hydrogen (secondary N) is 2. The highest BCUT2D eigenvalue weighted by Crippen LogP contribution is 2.20. The van der Waals surface area contributed by atoms with E-state index in [2.05, 4.69) is 10.0 Å². The molecule has 2 aromatic carbocycles. The van der Waals surface area contributed by atoms with Gasteiger partial charge in [0.1, 0.15) is 0 Å². The SMILES string of the molecule is Cc1ccccc1NS(=O)(=O)c1ccc(C(=O)N2CCNC[C@@H]2C)cc1. The minimum absolute atomic E-state index is 0.0742. The highest BCUT2D eigenvalue weighted by atomic mass is 32.2. The van der Waals surface area contributed by atoms with Crippen LogP contribution < -0.4 is 10.0 Å². The van der Waals surface area contributed by atoms with Crippen LogP contribution in [0.25, 0.3) is 0 Å². The van der Waals surface area contributed by atoms with Crippen molar-refractivity contribution in [2.75, 3.05) is 24.4 Å². The van der Waals surface area contributed by atoms with Crippen molar-refractivity contribution in [1.82, 2.24) is 10.2 Å². The molecule has 1 atom stereocenters. The van der Waals surface area contributed by atoms with Crippen molar-refractivity contribution in [3.05, 3.63) is 59.7 Å². The van der Waals surface area contributed by atoms with Crippen molar-refractivity contribution in [1.29, 1.82) is 0 Å². The Morgan fingerprint density at radius 1 is 1.15 bits per heavy atom. The third-order valence-electron chi connectivity index (χ3n) is 4.56. The number of anilines is 1. The van der Waals surface area contributed by atoms with Gasteiger partial charge in [0.05, 0.1) is 10.6 Å². The van der Waals surface area contributed by atoms with E-state index >= 15 is 0 Å². The van der Waals surface area contributed by atoms with Gasteiger partial charge in [-0.15, -0.1) is 0 Å². The van der Waals surface area contributed by atoms with Crippen LogP contribution in [0.5, 0.6) is 0 Å². The molecule has 26 heavy (non-hydrogen) atoms. The Labute approximate surface area is 154 Å². The van der Waals surface area contributed by atoms with Gasteiger partial charge in [0, 0.05) is 31.2 Å². The van der Waals surface area contributed by atoms with Gasteiger partial charge in [-0.25, -0.2) is 8.42 Å². The molecule has 1 amide bonds. The average molecular weight is 373 g/mol. The molecule has 1 aliphatic heterocycles. The Bertz CT molecular complexity index is 895. The molecule has 1 aliphatic rings. The van der Waals surface area contributed by atoms with Crippen LogP contribution in [0.2, 0.25) is 0 Å². The van der Waals surface area contributed by atoms with Crippen molar-refractivity contribution in [3.8, 4) is 0 Å². The van der Waals surface area contributed by atoms with E-state index in [0.29, 0.717) is 17.8 Å². The van der Waals surface area contributed by atoms with E-state index in [1.807, 2.05) is 30.9 Å². The minimum atomic E-state index is -3.70. The summed E-state index contributed by atoms with van der Waals surface area (Å²) in [6.07, 6.45) is 0. The second-order valence-corrected chi connectivity index (χ2v) is 8.18. The molecule has 138 valence electrons. The zero-order chi connectivity index (χ0) is 18.7. The fourth-order valence-electron chi connectivity index (χ4n) is 2.98. The maximum Gasteiger partial charge on any atom is 0.261 e. The predicted molar refractivity (Wildman–Crippen MR) is 102 cm³/mol. The second-order valence-electron chi connectivity index (χ2n) is 6.50. The van der Waals surface area contributed by atoms with Crippen molar-refractivity contribution in [3.63, 3.8) is 0 Å². The molecule has 0 bridgehead atoms. The number of sulfonamides is 1. The fourth-order valence-corrected chi connectivity index (χ4v) is 4.11. The Kier molecular flexibility index (Phi) is 5.29. The van der Waals surface area contributed by atoms with Gasteiger partial charge >= 0.3 is 0 Å². The van der Waals surface area contributed by atoms with E-state index in [9.17, 15) is 13.2 Å². The maximum atomic E-state index is 12.6. The van der Waals surface area contributed by atoms with Gasteiger partial charge in [-0.1, -0.05) is 18.2 Å². The third-order valence-corrected chi connectivity index (χ3v) is 5.94. The molecule has 0 radical (unpaired) electrons. The lowest BCUT2D eigenvalue weighted by Crippen LogP contribution is -2.52. The number of carbonyl (C=O) groups excluding carboxylic acids is 1. The molecule has 0 spiro atoms. The molecule has 0 aliphatic carbocycles. The standard InChI is InChI=1S/C19H23N3O3S/c1-14-5-3-4-6-18(14)21-26(24,25)17-9-7-16(8-10-17)19(23)22-12-11-20-13-15(22)2/h3-10,15,20-21H,11-13H2,1-2H3/t15-/m0/s1. The predicted octanol–water partition coefficient (Wildman–Crippen LogP) is 2.23. The normalized spacial score (nSPS) is 17.8. The van der Waals surface area contributed by atoms with E-state index in [1.54, 1.807) is 24.3 Å². The molecular formula is C19H23N3O3S. The Hall–Kier alpha value is -2.38. The summed E-state index contributed by atoms with van der Waals surface area (Å²) < 4.78 is 27.7. The number of hydrogen-bond donors (Lipinski definition) is 2. The van der Waals surface area contributed by atoms with Crippen LogP contribution in [0.3, 0.4) is 0 Å². The molecule has 0 saturated carbocycles. The molecule has 1 saturated heterocycles. The van der Waals surface area contributed by atoms with E-state index < -0.39 is 10.0 Å². The average Bonchev–Trinajstić information content (AvgIpc) is 2.63. The summed E-state index contributed by atoms with van der Waals surface area (Å²) in [5.74, 6) is -0.0742. The summed E-state index contributed by atoms with van der Waals surface area (Å²) in [7, 11) is -3.70. The quantitative estimate of drug-likeness (QED) is 0.861. The summed E-state index contributed by atoms with van der Waals surface area (Å²) in [5.41, 5.74) is 1.88. The number of nitrogens with zero attached hydrogens (tertiary/aromatic N) is 1. The van der Waals surface area contributed by atoms with Crippen molar-refractivity contribution in [2.45, 2.75) is 24.8 Å². The molecule has 3 rings (SSSR count). The fraction of sp³-hybridized carbons (Fsp3) is 0.316. The number of amides is 1. The molecular weight excluding hydrogens is 350 g/mol. The number of rotatable bonds is 4. The first-order chi connectivity index (χ1) is 12.4. The van der Waals surface area contributed by atoms with E-state index in [-0.39, 0.29) is 16.8 Å². The molecule has 1 fully saturated rings. The molecule has 6 nitrogen and oxygen atoms in total. The highest BCUT2D eigenvalue weighted by molar-refractivity contribution is 7.92. The zero-order valence-electron chi connectivity index (χ0n) is 14.9. The molecule has 1 heterocycles. The Balaban J connectivity index is 1.78. The van der Waals surface area contributed by atoms with Crippen LogP contribution in [-0.2, 0) is 10.0 Å². The lowest BCUT2D eigenvalue weighted by Gasteiger charge is -2.34. The van der Waals surface area contributed by atoms with Gasteiger partial charge in [-0.2, -0.15) is 0 Å². The lowest BCUT2D eigenvalue weighted by atomic mass is 10.1. The largest absolute Gasteiger partial charge is 0.333 e. The molecule has 7 heteroatoms. The smallest absolute Gasteiger partial charge is 0.261 e. The van der Waals surface area contributed by atoms with Gasteiger partial charge in [0.25, 0.3) is 15.9 Å². The van der Waals surface area contributed by atoms with Gasteiger partial charge in [-0.3, -0.25) is 9.52 Å². The van der Waals surface area contributed by atoms with Crippen LogP contribution >= 0.6 is 0 Å². The maximum absolute atomic E-state index is 12.6. The van der Waals surface area contributed by atoms with Crippen molar-refractivity contribution < 1.29 is 13.2 Å². The van der Waals surface area contributed by atoms with Crippen molar-refractivity contribution in [2.24, 2.45) is 0 Å². The summed E-state index contributed by atoms with van der Waals surface area (Å²) in [5, 5.41) is 3.25. The summed E-state index contributed by atoms with van der Waals surface area (Å²) in [6, 6.07) is 13.4. The number of para-hydroxylation sites is 1. The van der Waals surface area contributed by atoms with E-state index in [1.165, 1.54) is 12.1 Å². The number of benzene rings is 2. The first kappa shape index (κ1) is 18.4. The summed E-state index contributed by atoms with van der Waals surface area (Å²) in [6.45, 7) is 6.01. The van der Waals surface area contributed by atoms with E-state index in [0.717, 1.165) is 18.7 Å². The van der Waals surface area contributed by atoms with Gasteiger partial charge in [-0.05, 0) is 49.7 Å². The van der Waals surface area contributed by atoms with Crippen LogP contribution in [0.1, 0.15) is 22.8 Å². The van der Waals surface area contributed by atoms with Gasteiger partial charge in [0.2, 0.25) is 0 Å². The number of hydrogen-bond acceptors (Lipinski definition) is 4. The van der Waals surface area contributed by atoms with Crippen LogP contribution in [0.4, 0.5) is 5.69 Å². The first-order valence-electron chi connectivity index (χ1n) is 8.59. The topological polar surface area (TPSA) is 78.5 Å². The van der Waals surface area contributed by atoms with Crippen LogP contribution in [0.15, 0.2) is 53.4 Å². The first-order valence-corrected chi connectivity index (χ1v) is 10.1. The highest BCUT2D eigenvalue weighted by Gasteiger charge is 2.24. The molecule has 0 aromatic heterocycles. The number of carbonyl (C=O) groups is 1. The summed E-state index contributed by atoms with van der Waals surface area (Å²) >= 11 is 0. The molecule has 2 N–H and O–H groups in total. The number of aryl methyl sites for hydroxylation is 1.